The second-order valence-electron chi connectivity index (χ2n) is 3.09. The Kier molecular flexibility index (Phi) is 2.50. The third kappa shape index (κ3) is 1.77. The minimum absolute atomic E-state index is 0.846. The van der Waals surface area contributed by atoms with Gasteiger partial charge in [0.25, 0.3) is 0 Å². The largest absolute Gasteiger partial charge is 0.356 e. The van der Waals surface area contributed by atoms with E-state index in [0.717, 1.165) is 9.79 Å². The topological polar surface area (TPSA) is 22.0 Å². The van der Waals surface area contributed by atoms with Crippen molar-refractivity contribution >= 4 is 10.8 Å². The van der Waals surface area contributed by atoms with Crippen molar-refractivity contribution in [3.05, 3.63) is 48.8 Å². The van der Waals surface area contributed by atoms with Gasteiger partial charge in [-0.2, -0.15) is 0 Å². The fourth-order valence-electron chi connectivity index (χ4n) is 1.27. The molecule has 0 radical (unpaired) electrons. The summed E-state index contributed by atoms with van der Waals surface area (Å²) in [5, 5.41) is 0. The van der Waals surface area contributed by atoms with Gasteiger partial charge in [-0.1, -0.05) is 18.2 Å². The number of hydrogen-bond donors (Lipinski definition) is 0. The molecule has 1 atom stereocenters. The summed E-state index contributed by atoms with van der Waals surface area (Å²) in [6, 6.07) is 11.4. The van der Waals surface area contributed by atoms with Crippen molar-refractivity contribution in [2.45, 2.75) is 9.79 Å². The van der Waals surface area contributed by atoms with Gasteiger partial charge in [-0.05, 0) is 18.2 Å². The van der Waals surface area contributed by atoms with Crippen molar-refractivity contribution in [2.75, 3.05) is 0 Å². The molecule has 0 saturated heterocycles. The number of benzene rings is 1. The Labute approximate surface area is 85.6 Å². The van der Waals surface area contributed by atoms with E-state index >= 15 is 0 Å². The quantitative estimate of drug-likeness (QED) is 0.736. The molecule has 2 rings (SSSR count). The van der Waals surface area contributed by atoms with Gasteiger partial charge in [-0.25, -0.2) is 4.21 Å². The van der Waals surface area contributed by atoms with E-state index in [1.807, 2.05) is 60.4 Å². The minimum Gasteiger partial charge on any atom is -0.356 e. The SMILES string of the molecule is Cn1ccc(S(=O)c2ccccc2)c1. The summed E-state index contributed by atoms with van der Waals surface area (Å²) in [6.07, 6.45) is 3.78. The zero-order valence-electron chi connectivity index (χ0n) is 7.88. The van der Waals surface area contributed by atoms with Gasteiger partial charge in [0, 0.05) is 24.3 Å². The molecular weight excluding hydrogens is 194 g/mol. The van der Waals surface area contributed by atoms with E-state index in [2.05, 4.69) is 0 Å². The van der Waals surface area contributed by atoms with E-state index in [0.29, 0.717) is 0 Å². The van der Waals surface area contributed by atoms with Crippen molar-refractivity contribution in [1.29, 1.82) is 0 Å². The molecule has 0 amide bonds. The van der Waals surface area contributed by atoms with Crippen LogP contribution in [0.25, 0.3) is 0 Å². The predicted molar refractivity (Wildman–Crippen MR) is 56.5 cm³/mol. The van der Waals surface area contributed by atoms with Gasteiger partial charge in [0.05, 0.1) is 15.7 Å². The highest BCUT2D eigenvalue weighted by atomic mass is 32.2. The Bertz CT molecular complexity index is 447. The fourth-order valence-corrected chi connectivity index (χ4v) is 2.39. The Morgan fingerprint density at radius 2 is 1.79 bits per heavy atom. The number of nitrogens with zero attached hydrogens (tertiary/aromatic N) is 1. The van der Waals surface area contributed by atoms with Crippen molar-refractivity contribution in [2.24, 2.45) is 7.05 Å². The third-order valence-corrected chi connectivity index (χ3v) is 3.35. The van der Waals surface area contributed by atoms with Crippen LogP contribution in [0.2, 0.25) is 0 Å². The van der Waals surface area contributed by atoms with Gasteiger partial charge in [-0.3, -0.25) is 0 Å². The Hall–Kier alpha value is -1.35. The molecular formula is C11H11NOS. The first-order valence-electron chi connectivity index (χ1n) is 4.36. The fraction of sp³-hybridized carbons (Fsp3) is 0.0909. The molecule has 14 heavy (non-hydrogen) atoms. The summed E-state index contributed by atoms with van der Waals surface area (Å²) < 4.78 is 13.9. The van der Waals surface area contributed by atoms with Crippen molar-refractivity contribution < 1.29 is 4.21 Å². The standard InChI is InChI=1S/C11H11NOS/c1-12-8-7-11(9-12)14(13)10-5-3-2-4-6-10/h2-9H,1H3. The average Bonchev–Trinajstić information content (AvgIpc) is 2.65. The molecule has 1 unspecified atom stereocenters. The number of hydrogen-bond acceptors (Lipinski definition) is 1. The van der Waals surface area contributed by atoms with Gasteiger partial charge in [0.2, 0.25) is 0 Å². The van der Waals surface area contributed by atoms with E-state index in [9.17, 15) is 4.21 Å². The van der Waals surface area contributed by atoms with Crippen LogP contribution < -0.4 is 0 Å². The maximum Gasteiger partial charge on any atom is 0.0865 e. The van der Waals surface area contributed by atoms with E-state index < -0.39 is 10.8 Å². The highest BCUT2D eigenvalue weighted by molar-refractivity contribution is 7.85. The Balaban J connectivity index is 2.34. The molecule has 0 aliphatic heterocycles. The summed E-state index contributed by atoms with van der Waals surface area (Å²) >= 11 is 0. The first-order valence-corrected chi connectivity index (χ1v) is 5.51. The van der Waals surface area contributed by atoms with Crippen LogP contribution in [-0.4, -0.2) is 8.78 Å². The molecule has 0 fully saturated rings. The molecule has 0 aliphatic rings. The van der Waals surface area contributed by atoms with Gasteiger partial charge >= 0.3 is 0 Å². The summed E-state index contributed by atoms with van der Waals surface area (Å²) in [6.45, 7) is 0. The third-order valence-electron chi connectivity index (χ3n) is 1.98. The molecule has 1 aromatic heterocycles. The van der Waals surface area contributed by atoms with E-state index in [4.69, 9.17) is 0 Å². The summed E-state index contributed by atoms with van der Waals surface area (Å²) in [5.74, 6) is 0. The zero-order chi connectivity index (χ0) is 9.97. The molecule has 1 aromatic carbocycles. The molecule has 0 N–H and O–H groups in total. The van der Waals surface area contributed by atoms with Crippen LogP contribution in [0, 0.1) is 0 Å². The molecule has 3 heteroatoms. The van der Waals surface area contributed by atoms with Crippen molar-refractivity contribution in [3.63, 3.8) is 0 Å². The Morgan fingerprint density at radius 3 is 2.36 bits per heavy atom. The van der Waals surface area contributed by atoms with E-state index in [1.54, 1.807) is 0 Å². The van der Waals surface area contributed by atoms with Crippen LogP contribution in [0.1, 0.15) is 0 Å². The second kappa shape index (κ2) is 3.80. The number of aryl methyl sites for hydroxylation is 1. The van der Waals surface area contributed by atoms with Crippen LogP contribution >= 0.6 is 0 Å². The minimum atomic E-state index is -1.05. The summed E-state index contributed by atoms with van der Waals surface area (Å²) in [5.41, 5.74) is 0. The van der Waals surface area contributed by atoms with Crippen LogP contribution in [0.5, 0.6) is 0 Å². The van der Waals surface area contributed by atoms with Crippen molar-refractivity contribution in [3.8, 4) is 0 Å². The summed E-state index contributed by atoms with van der Waals surface area (Å²) in [7, 11) is 0.876. The van der Waals surface area contributed by atoms with Crippen LogP contribution in [0.4, 0.5) is 0 Å². The van der Waals surface area contributed by atoms with Gasteiger partial charge < -0.3 is 4.57 Å². The molecule has 2 nitrogen and oxygen atoms in total. The number of aromatic nitrogens is 1. The van der Waals surface area contributed by atoms with Gasteiger partial charge in [0.15, 0.2) is 0 Å². The predicted octanol–water partition coefficient (Wildman–Crippen LogP) is 2.19. The lowest BCUT2D eigenvalue weighted by molar-refractivity contribution is 0.683. The van der Waals surface area contributed by atoms with Crippen LogP contribution in [0.15, 0.2) is 58.6 Å². The molecule has 72 valence electrons. The van der Waals surface area contributed by atoms with Crippen LogP contribution in [0.3, 0.4) is 0 Å². The molecule has 0 spiro atoms. The average molecular weight is 205 g/mol. The maximum absolute atomic E-state index is 12.0. The lowest BCUT2D eigenvalue weighted by Crippen LogP contribution is -1.90. The first kappa shape index (κ1) is 9.21. The highest BCUT2D eigenvalue weighted by Gasteiger charge is 2.06. The number of rotatable bonds is 2. The smallest absolute Gasteiger partial charge is 0.0865 e. The molecule has 2 aromatic rings. The van der Waals surface area contributed by atoms with Crippen LogP contribution in [-0.2, 0) is 17.8 Å². The lowest BCUT2D eigenvalue weighted by Gasteiger charge is -1.97. The van der Waals surface area contributed by atoms with E-state index in [-0.39, 0.29) is 0 Å². The Morgan fingerprint density at radius 1 is 1.07 bits per heavy atom. The van der Waals surface area contributed by atoms with E-state index in [1.165, 1.54) is 0 Å². The second-order valence-corrected chi connectivity index (χ2v) is 4.57. The van der Waals surface area contributed by atoms with Gasteiger partial charge in [-0.15, -0.1) is 0 Å². The molecule has 0 saturated carbocycles. The summed E-state index contributed by atoms with van der Waals surface area (Å²) in [4.78, 5) is 1.69. The lowest BCUT2D eigenvalue weighted by atomic mass is 10.4. The molecule has 0 bridgehead atoms. The molecule has 1 heterocycles. The zero-order valence-corrected chi connectivity index (χ0v) is 8.70. The normalized spacial score (nSPS) is 12.6. The van der Waals surface area contributed by atoms with Crippen molar-refractivity contribution in [1.82, 2.24) is 4.57 Å². The van der Waals surface area contributed by atoms with Gasteiger partial charge in [0.1, 0.15) is 0 Å². The molecule has 0 aliphatic carbocycles. The highest BCUT2D eigenvalue weighted by Crippen LogP contribution is 2.15. The monoisotopic (exact) mass is 205 g/mol. The maximum atomic E-state index is 12.0. The first-order chi connectivity index (χ1) is 6.77.